The first-order valence-electron chi connectivity index (χ1n) is 9.22. The van der Waals surface area contributed by atoms with Crippen LogP contribution in [0.5, 0.6) is 11.5 Å². The number of hydrogen-bond donors (Lipinski definition) is 0. The lowest BCUT2D eigenvalue weighted by Crippen LogP contribution is -2.10. The molecule has 156 valence electrons. The number of anilines is 2. The predicted octanol–water partition coefficient (Wildman–Crippen LogP) is 3.68. The molecule has 30 heavy (non-hydrogen) atoms. The van der Waals surface area contributed by atoms with Crippen LogP contribution >= 0.6 is 0 Å². The number of terminal acetylenes is 1. The molecule has 0 N–H and O–H groups in total. The van der Waals surface area contributed by atoms with Crippen LogP contribution in [0, 0.1) is 12.3 Å². The van der Waals surface area contributed by atoms with Crippen molar-refractivity contribution in [3.05, 3.63) is 48.3 Å². The Morgan fingerprint density at radius 3 is 2.33 bits per heavy atom. The molecule has 0 bridgehead atoms. The molecule has 0 spiro atoms. The number of halogens is 1. The molecule has 0 saturated heterocycles. The number of nitrogens with zero attached hydrogens (tertiary/aromatic N) is 3. The molecular formula is C22H22FN3O4. The van der Waals surface area contributed by atoms with Crippen LogP contribution < -0.4 is 14.6 Å². The van der Waals surface area contributed by atoms with Crippen molar-refractivity contribution in [1.29, 1.82) is 0 Å². The second-order valence-electron chi connectivity index (χ2n) is 6.17. The molecule has 0 amide bonds. The number of fused-ring (bicyclic) bond motifs is 1. The van der Waals surface area contributed by atoms with Gasteiger partial charge in [0.15, 0.2) is 17.3 Å². The highest BCUT2D eigenvalue weighted by Gasteiger charge is 2.18. The van der Waals surface area contributed by atoms with Gasteiger partial charge in [-0.3, -0.25) is 0 Å². The molecule has 0 saturated carbocycles. The molecule has 8 heteroatoms. The predicted molar refractivity (Wildman–Crippen MR) is 112 cm³/mol. The summed E-state index contributed by atoms with van der Waals surface area (Å²) in [6, 6.07) is 9.91. The van der Waals surface area contributed by atoms with Crippen molar-refractivity contribution in [1.82, 2.24) is 9.97 Å². The molecule has 0 aliphatic heterocycles. The summed E-state index contributed by atoms with van der Waals surface area (Å²) < 4.78 is 36.9. The van der Waals surface area contributed by atoms with E-state index in [2.05, 4.69) is 15.9 Å². The van der Waals surface area contributed by atoms with Gasteiger partial charge >= 0.3 is 0 Å². The van der Waals surface area contributed by atoms with E-state index in [4.69, 9.17) is 25.4 Å². The third-order valence-electron chi connectivity index (χ3n) is 4.20. The van der Waals surface area contributed by atoms with E-state index in [1.165, 1.54) is 6.33 Å². The number of benzene rings is 2. The molecule has 3 aromatic rings. The van der Waals surface area contributed by atoms with Crippen molar-refractivity contribution < 1.29 is 23.4 Å². The van der Waals surface area contributed by atoms with Gasteiger partial charge in [0.2, 0.25) is 0 Å². The average Bonchev–Trinajstić information content (AvgIpc) is 2.78. The van der Waals surface area contributed by atoms with Gasteiger partial charge in [-0.25, -0.2) is 9.97 Å². The van der Waals surface area contributed by atoms with Crippen LogP contribution in [-0.2, 0) is 9.47 Å². The van der Waals surface area contributed by atoms with Gasteiger partial charge in [-0.15, -0.1) is 6.42 Å². The highest BCUT2D eigenvalue weighted by Crippen LogP contribution is 2.37. The summed E-state index contributed by atoms with van der Waals surface area (Å²) in [5.41, 5.74) is 1.32. The molecule has 0 radical (unpaired) electrons. The first-order chi connectivity index (χ1) is 14.7. The van der Waals surface area contributed by atoms with Crippen LogP contribution in [0.15, 0.2) is 42.7 Å². The van der Waals surface area contributed by atoms with Crippen molar-refractivity contribution in [2.24, 2.45) is 0 Å². The Balaban J connectivity index is 2.02. The lowest BCUT2D eigenvalue weighted by atomic mass is 10.2. The molecule has 1 heterocycles. The Morgan fingerprint density at radius 1 is 0.967 bits per heavy atom. The van der Waals surface area contributed by atoms with Crippen LogP contribution in [-0.4, -0.2) is 50.6 Å². The lowest BCUT2D eigenvalue weighted by Gasteiger charge is -2.17. The molecular weight excluding hydrogens is 389 g/mol. The number of rotatable bonds is 10. The molecule has 0 aliphatic carbocycles. The summed E-state index contributed by atoms with van der Waals surface area (Å²) in [5.74, 6) is 3.46. The fourth-order valence-electron chi connectivity index (χ4n) is 2.74. The van der Waals surface area contributed by atoms with Crippen molar-refractivity contribution >= 4 is 22.4 Å². The van der Waals surface area contributed by atoms with E-state index in [-0.39, 0.29) is 11.5 Å². The molecule has 0 fully saturated rings. The van der Waals surface area contributed by atoms with Gasteiger partial charge in [0.05, 0.1) is 24.4 Å². The highest BCUT2D eigenvalue weighted by molar-refractivity contribution is 5.93. The van der Waals surface area contributed by atoms with Crippen LogP contribution in [0.2, 0.25) is 0 Å². The molecule has 1 aromatic heterocycles. The summed E-state index contributed by atoms with van der Waals surface area (Å²) in [5, 5.41) is 0.924. The maximum atomic E-state index is 15.3. The quantitative estimate of drug-likeness (QED) is 0.286. The van der Waals surface area contributed by atoms with E-state index in [0.29, 0.717) is 59.5 Å². The fourth-order valence-corrected chi connectivity index (χ4v) is 2.74. The zero-order valence-corrected chi connectivity index (χ0v) is 16.8. The Labute approximate surface area is 174 Å². The van der Waals surface area contributed by atoms with E-state index in [9.17, 15) is 0 Å². The first kappa shape index (κ1) is 21.3. The second-order valence-corrected chi connectivity index (χ2v) is 6.17. The molecule has 7 nitrogen and oxygen atoms in total. The Kier molecular flexibility index (Phi) is 7.38. The van der Waals surface area contributed by atoms with E-state index in [0.717, 1.165) is 0 Å². The topological polar surface area (TPSA) is 65.9 Å². The van der Waals surface area contributed by atoms with Crippen molar-refractivity contribution in [2.45, 2.75) is 0 Å². The summed E-state index contributed by atoms with van der Waals surface area (Å²) in [4.78, 5) is 8.38. The van der Waals surface area contributed by atoms with Gasteiger partial charge in [-0.1, -0.05) is 16.5 Å². The highest BCUT2D eigenvalue weighted by atomic mass is 19.2. The molecule has 0 aliphatic rings. The Bertz CT molecular complexity index is 1040. The van der Waals surface area contributed by atoms with Gasteiger partial charge in [-0.05, 0) is 24.3 Å². The summed E-state index contributed by atoms with van der Waals surface area (Å²) in [7, 11) is 3.17. The first-order valence-corrected chi connectivity index (χ1v) is 9.22. The molecule has 3 rings (SSSR count). The molecule has 0 unspecified atom stereocenters. The Hall–Kier alpha value is -3.41. The normalized spacial score (nSPS) is 10.6. The average molecular weight is 411 g/mol. The number of methoxy groups -OCH3 is 2. The van der Waals surface area contributed by atoms with Crippen molar-refractivity contribution in [2.75, 3.05) is 45.8 Å². The van der Waals surface area contributed by atoms with E-state index in [1.54, 1.807) is 50.6 Å². The zero-order valence-electron chi connectivity index (χ0n) is 16.8. The van der Waals surface area contributed by atoms with Crippen LogP contribution in [0.1, 0.15) is 5.56 Å². The van der Waals surface area contributed by atoms with Gasteiger partial charge < -0.3 is 18.9 Å². The number of aromatic nitrogens is 2. The zero-order chi connectivity index (χ0) is 21.3. The fraction of sp³-hybridized carbons (Fsp3) is 0.273. The van der Waals surface area contributed by atoms with Gasteiger partial charge in [0.1, 0.15) is 19.5 Å². The van der Waals surface area contributed by atoms with E-state index in [1.807, 2.05) is 0 Å². The maximum absolute atomic E-state index is 15.3. The number of hydrogen-bond acceptors (Lipinski definition) is 7. The summed E-state index contributed by atoms with van der Waals surface area (Å²) in [6.07, 6.45) is 6.72. The minimum absolute atomic E-state index is 0.0641. The third-order valence-corrected chi connectivity index (χ3v) is 4.20. The standard InChI is InChI=1S/C22H22FN3O4/c1-4-16-6-5-7-17(12-16)26(23)22-18-13-20(29-10-8-27-2)21(30-11-9-28-3)14-19(18)24-15-25-22/h1,5-7,12-15H,8-11H2,2-3H3. The minimum Gasteiger partial charge on any atom is -0.487 e. The largest absolute Gasteiger partial charge is 0.487 e. The SMILES string of the molecule is C#Cc1cccc(N(F)c2ncnc3cc(OCCOC)c(OCCOC)cc23)c1. The van der Waals surface area contributed by atoms with Crippen molar-refractivity contribution in [3.8, 4) is 23.8 Å². The van der Waals surface area contributed by atoms with E-state index >= 15 is 4.48 Å². The van der Waals surface area contributed by atoms with Gasteiger partial charge in [0, 0.05) is 31.2 Å². The van der Waals surface area contributed by atoms with Gasteiger partial charge in [-0.2, -0.15) is 5.12 Å². The van der Waals surface area contributed by atoms with Crippen LogP contribution in [0.4, 0.5) is 16.0 Å². The monoisotopic (exact) mass is 411 g/mol. The van der Waals surface area contributed by atoms with Crippen molar-refractivity contribution in [3.63, 3.8) is 0 Å². The van der Waals surface area contributed by atoms with Gasteiger partial charge in [0.25, 0.3) is 0 Å². The molecule has 0 atom stereocenters. The maximum Gasteiger partial charge on any atom is 0.174 e. The summed E-state index contributed by atoms with van der Waals surface area (Å²) >= 11 is 0. The van der Waals surface area contributed by atoms with Crippen LogP contribution in [0.3, 0.4) is 0 Å². The smallest absolute Gasteiger partial charge is 0.174 e. The van der Waals surface area contributed by atoms with Crippen LogP contribution in [0.25, 0.3) is 10.9 Å². The number of ether oxygens (including phenoxy) is 4. The summed E-state index contributed by atoms with van der Waals surface area (Å²) in [6.45, 7) is 1.43. The lowest BCUT2D eigenvalue weighted by molar-refractivity contribution is 0.132. The Morgan fingerprint density at radius 2 is 1.67 bits per heavy atom. The molecule has 2 aromatic carbocycles. The minimum atomic E-state index is 0.0641. The third kappa shape index (κ3) is 4.95. The van der Waals surface area contributed by atoms with E-state index < -0.39 is 0 Å². The second kappa shape index (κ2) is 10.4.